The van der Waals surface area contributed by atoms with Gasteiger partial charge in [-0.3, -0.25) is 4.79 Å². The van der Waals surface area contributed by atoms with Crippen molar-refractivity contribution in [3.63, 3.8) is 0 Å². The predicted octanol–water partition coefficient (Wildman–Crippen LogP) is 2.46. The van der Waals surface area contributed by atoms with Crippen molar-refractivity contribution in [1.29, 1.82) is 0 Å². The highest BCUT2D eigenvalue weighted by Crippen LogP contribution is 2.23. The number of hydrogen-bond donors (Lipinski definition) is 2. The minimum atomic E-state index is 0.278. The first-order valence-corrected chi connectivity index (χ1v) is 7.74. The van der Waals surface area contributed by atoms with Crippen LogP contribution in [0.3, 0.4) is 0 Å². The summed E-state index contributed by atoms with van der Waals surface area (Å²) in [6.45, 7) is 4.57. The molecule has 104 valence electrons. The van der Waals surface area contributed by atoms with Gasteiger partial charge in [-0.2, -0.15) is 0 Å². The van der Waals surface area contributed by atoms with Gasteiger partial charge in [0.15, 0.2) is 0 Å². The van der Waals surface area contributed by atoms with Crippen LogP contribution < -0.4 is 10.6 Å². The maximum atomic E-state index is 11.9. The molecule has 1 amide bonds. The van der Waals surface area contributed by atoms with Crippen LogP contribution in [0, 0.1) is 11.8 Å². The molecule has 0 bridgehead atoms. The summed E-state index contributed by atoms with van der Waals surface area (Å²) in [4.78, 5) is 11.9. The van der Waals surface area contributed by atoms with Crippen molar-refractivity contribution < 1.29 is 4.79 Å². The molecule has 0 radical (unpaired) electrons. The Morgan fingerprint density at radius 2 is 2.00 bits per heavy atom. The van der Waals surface area contributed by atoms with Gasteiger partial charge in [-0.15, -0.1) is 0 Å². The summed E-state index contributed by atoms with van der Waals surface area (Å²) in [5.41, 5.74) is 0. The van der Waals surface area contributed by atoms with Gasteiger partial charge in [0.25, 0.3) is 0 Å². The molecule has 18 heavy (non-hydrogen) atoms. The highest BCUT2D eigenvalue weighted by atomic mass is 16.1. The summed E-state index contributed by atoms with van der Waals surface area (Å²) in [6.07, 6.45) is 9.25. The summed E-state index contributed by atoms with van der Waals surface area (Å²) >= 11 is 0. The molecule has 1 saturated carbocycles. The average Bonchev–Trinajstić information content (AvgIpc) is 2.40. The van der Waals surface area contributed by atoms with Crippen LogP contribution in [0.5, 0.6) is 0 Å². The molecule has 2 aliphatic rings. The van der Waals surface area contributed by atoms with Crippen LogP contribution in [0.1, 0.15) is 58.3 Å². The van der Waals surface area contributed by atoms with Crippen molar-refractivity contribution in [3.05, 3.63) is 0 Å². The van der Waals surface area contributed by atoms with Crippen LogP contribution in [-0.4, -0.2) is 25.0 Å². The Bertz CT molecular complexity index is 253. The minimum Gasteiger partial charge on any atom is -0.353 e. The molecule has 1 saturated heterocycles. The molecule has 3 heteroatoms. The second kappa shape index (κ2) is 7.13. The predicted molar refractivity (Wildman–Crippen MR) is 74.4 cm³/mol. The van der Waals surface area contributed by atoms with E-state index in [2.05, 4.69) is 17.6 Å². The van der Waals surface area contributed by atoms with Gasteiger partial charge in [0.05, 0.1) is 0 Å². The van der Waals surface area contributed by atoms with Crippen molar-refractivity contribution >= 4 is 5.91 Å². The Labute approximate surface area is 111 Å². The van der Waals surface area contributed by atoms with E-state index in [9.17, 15) is 4.79 Å². The van der Waals surface area contributed by atoms with Gasteiger partial charge >= 0.3 is 0 Å². The van der Waals surface area contributed by atoms with E-state index >= 15 is 0 Å². The molecule has 1 heterocycles. The highest BCUT2D eigenvalue weighted by Gasteiger charge is 2.20. The molecule has 0 spiro atoms. The molecule has 1 aliphatic heterocycles. The van der Waals surface area contributed by atoms with Crippen molar-refractivity contribution in [2.24, 2.45) is 11.8 Å². The third-order valence-electron chi connectivity index (χ3n) is 4.56. The lowest BCUT2D eigenvalue weighted by Crippen LogP contribution is -2.38. The monoisotopic (exact) mass is 252 g/mol. The number of carbonyl (C=O) groups excluding carboxylic acids is 1. The number of amides is 1. The van der Waals surface area contributed by atoms with Gasteiger partial charge in [-0.05, 0) is 69.9 Å². The van der Waals surface area contributed by atoms with Gasteiger partial charge in [0, 0.05) is 12.5 Å². The fraction of sp³-hybridized carbons (Fsp3) is 0.933. The van der Waals surface area contributed by atoms with E-state index in [4.69, 9.17) is 0 Å². The zero-order valence-corrected chi connectivity index (χ0v) is 11.7. The first kappa shape index (κ1) is 13.9. The molecule has 0 aromatic rings. The van der Waals surface area contributed by atoms with Gasteiger partial charge in [-0.25, -0.2) is 0 Å². The summed E-state index contributed by atoms with van der Waals surface area (Å²) in [5.74, 6) is 1.85. The first-order chi connectivity index (χ1) is 8.74. The van der Waals surface area contributed by atoms with Crippen LogP contribution in [0.15, 0.2) is 0 Å². The largest absolute Gasteiger partial charge is 0.353 e. The Kier molecular flexibility index (Phi) is 5.48. The molecule has 2 N–H and O–H groups in total. The SMILES string of the molecule is CC1CCC(NC(=O)CCC2CCCNC2)CC1. The van der Waals surface area contributed by atoms with Gasteiger partial charge in [-0.1, -0.05) is 6.92 Å². The fourth-order valence-corrected chi connectivity index (χ4v) is 3.21. The lowest BCUT2D eigenvalue weighted by molar-refractivity contribution is -0.122. The van der Waals surface area contributed by atoms with Gasteiger partial charge < -0.3 is 10.6 Å². The molecular formula is C15H28N2O. The lowest BCUT2D eigenvalue weighted by atomic mass is 9.87. The van der Waals surface area contributed by atoms with Crippen LogP contribution in [0.4, 0.5) is 0 Å². The van der Waals surface area contributed by atoms with Gasteiger partial charge in [0.2, 0.25) is 5.91 Å². The Morgan fingerprint density at radius 3 is 2.67 bits per heavy atom. The highest BCUT2D eigenvalue weighted by molar-refractivity contribution is 5.76. The van der Waals surface area contributed by atoms with Crippen LogP contribution in [0.2, 0.25) is 0 Å². The van der Waals surface area contributed by atoms with E-state index in [0.29, 0.717) is 6.04 Å². The summed E-state index contributed by atoms with van der Waals surface area (Å²) in [5, 5.41) is 6.63. The maximum absolute atomic E-state index is 11.9. The van der Waals surface area contributed by atoms with Gasteiger partial charge in [0.1, 0.15) is 0 Å². The van der Waals surface area contributed by atoms with Crippen molar-refractivity contribution in [3.8, 4) is 0 Å². The smallest absolute Gasteiger partial charge is 0.220 e. The van der Waals surface area contributed by atoms with E-state index in [0.717, 1.165) is 37.8 Å². The maximum Gasteiger partial charge on any atom is 0.220 e. The Morgan fingerprint density at radius 1 is 1.22 bits per heavy atom. The molecule has 1 atom stereocenters. The quantitative estimate of drug-likeness (QED) is 0.807. The van der Waals surface area contributed by atoms with E-state index in [-0.39, 0.29) is 5.91 Å². The lowest BCUT2D eigenvalue weighted by Gasteiger charge is -2.27. The number of rotatable bonds is 4. The first-order valence-electron chi connectivity index (χ1n) is 7.74. The van der Waals surface area contributed by atoms with Crippen molar-refractivity contribution in [1.82, 2.24) is 10.6 Å². The van der Waals surface area contributed by atoms with E-state index in [1.54, 1.807) is 0 Å². The normalized spacial score (nSPS) is 33.1. The zero-order chi connectivity index (χ0) is 12.8. The number of piperidine rings is 1. The summed E-state index contributed by atoms with van der Waals surface area (Å²) < 4.78 is 0. The topological polar surface area (TPSA) is 41.1 Å². The molecule has 2 rings (SSSR count). The number of carbonyl (C=O) groups is 1. The molecule has 0 aromatic heterocycles. The third-order valence-corrected chi connectivity index (χ3v) is 4.56. The molecule has 1 aliphatic carbocycles. The third kappa shape index (κ3) is 4.60. The van der Waals surface area contributed by atoms with E-state index < -0.39 is 0 Å². The van der Waals surface area contributed by atoms with E-state index in [1.807, 2.05) is 0 Å². The van der Waals surface area contributed by atoms with E-state index in [1.165, 1.54) is 38.5 Å². The Balaban J connectivity index is 1.59. The second-order valence-corrected chi connectivity index (χ2v) is 6.28. The fourth-order valence-electron chi connectivity index (χ4n) is 3.21. The number of nitrogens with one attached hydrogen (secondary N) is 2. The molecule has 3 nitrogen and oxygen atoms in total. The second-order valence-electron chi connectivity index (χ2n) is 6.28. The molecular weight excluding hydrogens is 224 g/mol. The summed E-state index contributed by atoms with van der Waals surface area (Å²) in [7, 11) is 0. The van der Waals surface area contributed by atoms with Crippen molar-refractivity contribution in [2.45, 2.75) is 64.3 Å². The van der Waals surface area contributed by atoms with Crippen LogP contribution >= 0.6 is 0 Å². The van der Waals surface area contributed by atoms with Crippen molar-refractivity contribution in [2.75, 3.05) is 13.1 Å². The van der Waals surface area contributed by atoms with Crippen LogP contribution in [-0.2, 0) is 4.79 Å². The summed E-state index contributed by atoms with van der Waals surface area (Å²) in [6, 6.07) is 0.457. The molecule has 0 aromatic carbocycles. The standard InChI is InChI=1S/C15H28N2O/c1-12-4-7-14(8-5-12)17-15(18)9-6-13-3-2-10-16-11-13/h12-14,16H,2-11H2,1H3,(H,17,18). The molecule has 2 fully saturated rings. The van der Waals surface area contributed by atoms with Crippen LogP contribution in [0.25, 0.3) is 0 Å². The minimum absolute atomic E-state index is 0.278. The zero-order valence-electron chi connectivity index (χ0n) is 11.7. The Hall–Kier alpha value is -0.570. The average molecular weight is 252 g/mol. The molecule has 1 unspecified atom stereocenters. The number of hydrogen-bond acceptors (Lipinski definition) is 2.